The van der Waals surface area contributed by atoms with Crippen LogP contribution >= 0.6 is 0 Å². The Hall–Kier alpha value is -3.41. The van der Waals surface area contributed by atoms with Gasteiger partial charge in [-0.25, -0.2) is 4.98 Å². The second-order valence-corrected chi connectivity index (χ2v) is 6.66. The minimum Gasteiger partial charge on any atom is -0.487 e. The maximum absolute atomic E-state index is 11.7. The molecule has 3 aromatic rings. The van der Waals surface area contributed by atoms with Crippen molar-refractivity contribution in [1.29, 1.82) is 0 Å². The molecule has 0 saturated heterocycles. The second-order valence-electron chi connectivity index (χ2n) is 6.66. The smallest absolute Gasteiger partial charge is 0.311 e. The van der Waals surface area contributed by atoms with Gasteiger partial charge in [0, 0.05) is 17.5 Å². The number of benzene rings is 2. The number of fused-ring (bicyclic) bond motifs is 1. The molecule has 1 heterocycles. The summed E-state index contributed by atoms with van der Waals surface area (Å²) in [6, 6.07) is 17.2. The van der Waals surface area contributed by atoms with Crippen molar-refractivity contribution >= 4 is 22.8 Å². The molecule has 1 unspecified atom stereocenters. The van der Waals surface area contributed by atoms with Crippen LogP contribution < -0.4 is 10.5 Å². The summed E-state index contributed by atoms with van der Waals surface area (Å²) in [5.74, 6) is -1.71. The lowest BCUT2D eigenvalue weighted by atomic mass is 9.92. The molecule has 1 amide bonds. The summed E-state index contributed by atoms with van der Waals surface area (Å²) in [5.41, 5.74) is 8.09. The fourth-order valence-corrected chi connectivity index (χ4v) is 3.18. The second kappa shape index (κ2) is 8.52. The highest BCUT2D eigenvalue weighted by atomic mass is 16.5. The molecule has 0 spiro atoms. The number of pyridine rings is 1. The minimum absolute atomic E-state index is 0.00860. The van der Waals surface area contributed by atoms with Crippen LogP contribution in [0.25, 0.3) is 10.9 Å². The molecular weight excluding hydrogens is 356 g/mol. The van der Waals surface area contributed by atoms with Gasteiger partial charge < -0.3 is 15.6 Å². The number of aliphatic carboxylic acids is 1. The molecule has 6 nitrogen and oxygen atoms in total. The lowest BCUT2D eigenvalue weighted by Gasteiger charge is -2.16. The van der Waals surface area contributed by atoms with Gasteiger partial charge in [0.2, 0.25) is 5.91 Å². The highest BCUT2D eigenvalue weighted by Crippen LogP contribution is 2.31. The van der Waals surface area contributed by atoms with E-state index in [0.717, 1.165) is 10.9 Å². The summed E-state index contributed by atoms with van der Waals surface area (Å²) in [4.78, 5) is 27.4. The topological polar surface area (TPSA) is 103 Å². The molecule has 0 aliphatic carbocycles. The summed E-state index contributed by atoms with van der Waals surface area (Å²) in [5, 5.41) is 10.4. The molecule has 28 heavy (non-hydrogen) atoms. The third-order valence-electron chi connectivity index (χ3n) is 4.63. The van der Waals surface area contributed by atoms with Gasteiger partial charge in [0.1, 0.15) is 17.9 Å². The zero-order valence-electron chi connectivity index (χ0n) is 15.6. The highest BCUT2D eigenvalue weighted by Gasteiger charge is 2.24. The van der Waals surface area contributed by atoms with Gasteiger partial charge in [-0.2, -0.15) is 0 Å². The Bertz CT molecular complexity index is 1000. The Balaban J connectivity index is 1.92. The summed E-state index contributed by atoms with van der Waals surface area (Å²) in [6.07, 6.45) is 0.150. The molecule has 0 fully saturated rings. The Morgan fingerprint density at radius 2 is 1.89 bits per heavy atom. The monoisotopic (exact) mass is 378 g/mol. The van der Waals surface area contributed by atoms with E-state index in [1.165, 1.54) is 0 Å². The fraction of sp³-hybridized carbons (Fsp3) is 0.227. The van der Waals surface area contributed by atoms with Crippen LogP contribution in [0.5, 0.6) is 5.75 Å². The number of aryl methyl sites for hydroxylation is 1. The van der Waals surface area contributed by atoms with Crippen molar-refractivity contribution in [2.24, 2.45) is 5.73 Å². The number of hydrogen-bond acceptors (Lipinski definition) is 4. The SMILES string of the molecule is Cc1nc2c(OCc3ccccc3)cccc2cc1C(CCC(N)=O)C(=O)O. The van der Waals surface area contributed by atoms with E-state index in [9.17, 15) is 14.7 Å². The third-order valence-corrected chi connectivity index (χ3v) is 4.63. The van der Waals surface area contributed by atoms with Crippen LogP contribution in [0.4, 0.5) is 0 Å². The summed E-state index contributed by atoms with van der Waals surface area (Å²) < 4.78 is 5.95. The molecule has 1 atom stereocenters. The number of rotatable bonds is 8. The predicted molar refractivity (Wildman–Crippen MR) is 106 cm³/mol. The van der Waals surface area contributed by atoms with Crippen LogP contribution in [0, 0.1) is 6.92 Å². The van der Waals surface area contributed by atoms with Crippen LogP contribution in [0.1, 0.15) is 35.6 Å². The van der Waals surface area contributed by atoms with E-state index in [-0.39, 0.29) is 12.8 Å². The Kier molecular flexibility index (Phi) is 5.89. The molecule has 0 aliphatic rings. The van der Waals surface area contributed by atoms with Gasteiger partial charge in [0.15, 0.2) is 0 Å². The van der Waals surface area contributed by atoms with E-state index in [1.807, 2.05) is 54.6 Å². The van der Waals surface area contributed by atoms with E-state index < -0.39 is 17.8 Å². The van der Waals surface area contributed by atoms with Gasteiger partial charge in [0.25, 0.3) is 0 Å². The summed E-state index contributed by atoms with van der Waals surface area (Å²) in [7, 11) is 0. The standard InChI is InChI=1S/C22H22N2O4/c1-14-18(17(22(26)27)10-11-20(23)25)12-16-8-5-9-19(21(16)24-14)28-13-15-6-3-2-4-7-15/h2-9,12,17H,10-11,13H2,1H3,(H2,23,25)(H,26,27). The molecule has 6 heteroatoms. The van der Waals surface area contributed by atoms with Crippen LogP contribution in [-0.2, 0) is 16.2 Å². The molecular formula is C22H22N2O4. The number of nitrogens with zero attached hydrogens (tertiary/aromatic N) is 1. The van der Waals surface area contributed by atoms with Crippen molar-refractivity contribution < 1.29 is 19.4 Å². The summed E-state index contributed by atoms with van der Waals surface area (Å²) in [6.45, 7) is 2.18. The zero-order valence-corrected chi connectivity index (χ0v) is 15.6. The summed E-state index contributed by atoms with van der Waals surface area (Å²) >= 11 is 0. The van der Waals surface area contributed by atoms with Crippen molar-refractivity contribution in [3.8, 4) is 5.75 Å². The van der Waals surface area contributed by atoms with E-state index in [2.05, 4.69) is 4.98 Å². The quantitative estimate of drug-likeness (QED) is 0.624. The average molecular weight is 378 g/mol. The number of primary amides is 1. The minimum atomic E-state index is -0.998. The molecule has 0 radical (unpaired) electrons. The number of amides is 1. The number of aromatic nitrogens is 1. The number of carboxylic acid groups (broad SMARTS) is 1. The molecule has 0 aliphatic heterocycles. The number of hydrogen-bond donors (Lipinski definition) is 2. The molecule has 144 valence electrons. The molecule has 0 bridgehead atoms. The van der Waals surface area contributed by atoms with E-state index in [0.29, 0.717) is 29.1 Å². The Morgan fingerprint density at radius 3 is 2.57 bits per heavy atom. The molecule has 3 N–H and O–H groups in total. The number of carbonyl (C=O) groups excluding carboxylic acids is 1. The van der Waals surface area contributed by atoms with E-state index in [1.54, 1.807) is 6.92 Å². The van der Waals surface area contributed by atoms with Gasteiger partial charge >= 0.3 is 5.97 Å². The van der Waals surface area contributed by atoms with Crippen molar-refractivity contribution in [3.63, 3.8) is 0 Å². The van der Waals surface area contributed by atoms with Crippen LogP contribution in [0.3, 0.4) is 0 Å². The number of ether oxygens (including phenoxy) is 1. The predicted octanol–water partition coefficient (Wildman–Crippen LogP) is 3.56. The first-order valence-corrected chi connectivity index (χ1v) is 9.04. The van der Waals surface area contributed by atoms with Gasteiger partial charge in [-0.15, -0.1) is 0 Å². The molecule has 3 rings (SSSR count). The zero-order chi connectivity index (χ0) is 20.1. The molecule has 1 aromatic heterocycles. The van der Waals surface area contributed by atoms with Gasteiger partial charge in [-0.1, -0.05) is 42.5 Å². The van der Waals surface area contributed by atoms with Crippen molar-refractivity contribution in [1.82, 2.24) is 4.98 Å². The van der Waals surface area contributed by atoms with Gasteiger partial charge in [0.05, 0.1) is 5.92 Å². The van der Waals surface area contributed by atoms with Crippen molar-refractivity contribution in [2.45, 2.75) is 32.3 Å². The van der Waals surface area contributed by atoms with Gasteiger partial charge in [-0.05, 0) is 36.6 Å². The van der Waals surface area contributed by atoms with Gasteiger partial charge in [-0.3, -0.25) is 9.59 Å². The Morgan fingerprint density at radius 1 is 1.14 bits per heavy atom. The number of carboxylic acids is 1. The van der Waals surface area contributed by atoms with E-state index in [4.69, 9.17) is 10.5 Å². The Labute approximate surface area is 163 Å². The largest absolute Gasteiger partial charge is 0.487 e. The first kappa shape index (κ1) is 19.4. The number of carbonyl (C=O) groups is 2. The van der Waals surface area contributed by atoms with Crippen LogP contribution in [0.15, 0.2) is 54.6 Å². The highest BCUT2D eigenvalue weighted by molar-refractivity contribution is 5.87. The third kappa shape index (κ3) is 4.46. The molecule has 0 saturated carbocycles. The van der Waals surface area contributed by atoms with Crippen LogP contribution in [-0.4, -0.2) is 22.0 Å². The van der Waals surface area contributed by atoms with E-state index >= 15 is 0 Å². The van der Waals surface area contributed by atoms with Crippen molar-refractivity contribution in [2.75, 3.05) is 0 Å². The maximum Gasteiger partial charge on any atom is 0.311 e. The van der Waals surface area contributed by atoms with Crippen LogP contribution in [0.2, 0.25) is 0 Å². The lowest BCUT2D eigenvalue weighted by molar-refractivity contribution is -0.139. The normalized spacial score (nSPS) is 11.9. The number of nitrogens with two attached hydrogens (primary N) is 1. The molecule has 2 aromatic carbocycles. The number of para-hydroxylation sites is 1. The first-order chi connectivity index (χ1) is 13.5. The first-order valence-electron chi connectivity index (χ1n) is 9.04. The average Bonchev–Trinajstić information content (AvgIpc) is 2.67. The maximum atomic E-state index is 11.7. The lowest BCUT2D eigenvalue weighted by Crippen LogP contribution is -2.18. The fourth-order valence-electron chi connectivity index (χ4n) is 3.18. The van der Waals surface area contributed by atoms with Crippen molar-refractivity contribution in [3.05, 3.63) is 71.4 Å².